The van der Waals surface area contributed by atoms with Crippen molar-refractivity contribution in [2.75, 3.05) is 11.9 Å². The van der Waals surface area contributed by atoms with Gasteiger partial charge in [0.15, 0.2) is 0 Å². The number of aromatic nitrogens is 3. The molecule has 2 aliphatic heterocycles. The quantitative estimate of drug-likeness (QED) is 0.297. The highest BCUT2D eigenvalue weighted by atomic mass is 16.5. The van der Waals surface area contributed by atoms with Crippen molar-refractivity contribution in [3.8, 4) is 5.88 Å². The summed E-state index contributed by atoms with van der Waals surface area (Å²) in [6, 6.07) is 16.6. The maximum atomic E-state index is 13.3. The molecule has 10 heteroatoms. The van der Waals surface area contributed by atoms with E-state index >= 15 is 0 Å². The largest absolute Gasteiger partial charge is 0.498 e. The van der Waals surface area contributed by atoms with E-state index in [4.69, 9.17) is 9.72 Å². The van der Waals surface area contributed by atoms with E-state index in [9.17, 15) is 14.7 Å². The lowest BCUT2D eigenvalue weighted by Crippen LogP contribution is -2.70. The molecule has 2 aliphatic rings. The van der Waals surface area contributed by atoms with Gasteiger partial charge >= 0.3 is 6.03 Å². The molecule has 0 saturated carbocycles. The van der Waals surface area contributed by atoms with Crippen LogP contribution in [0.3, 0.4) is 0 Å². The zero-order valence-corrected chi connectivity index (χ0v) is 25.1. The number of likely N-dealkylation sites (tertiary alicyclic amines) is 1. The highest BCUT2D eigenvalue weighted by molar-refractivity contribution is 5.92. The van der Waals surface area contributed by atoms with E-state index in [0.717, 1.165) is 33.3 Å². The van der Waals surface area contributed by atoms with E-state index in [1.165, 1.54) is 0 Å². The Hall–Kier alpha value is -4.44. The second-order valence-electron chi connectivity index (χ2n) is 12.7. The Kier molecular flexibility index (Phi) is 7.33. The minimum atomic E-state index is -1.20. The number of anilines is 1. The van der Waals surface area contributed by atoms with Gasteiger partial charge in [0.05, 0.1) is 18.3 Å². The standard InChI is InChI=1S/C33H38N6O4/c1-21-16-22(17-24-19-34-37-30(21)24)12-13-26-18-25(38-20-23-8-5-6-9-27(23)35-31(38)40)14-15-39(26,32(41)42)28-10-7-11-29(36-28)43-33(2,3)4/h5-11,16-17,19,25-26H,12-15,18,20H2,1-4H3,(H2-,34,35,37,40,41,42). The summed E-state index contributed by atoms with van der Waals surface area (Å²) >= 11 is 0. The Balaban J connectivity index is 1.35. The fourth-order valence-corrected chi connectivity index (χ4v) is 6.71. The fraction of sp³-hybridized carbons (Fsp3) is 0.394. The van der Waals surface area contributed by atoms with Crippen LogP contribution in [0, 0.1) is 6.92 Å². The van der Waals surface area contributed by atoms with Gasteiger partial charge in [0.1, 0.15) is 11.6 Å². The van der Waals surface area contributed by atoms with Crippen molar-refractivity contribution in [3.63, 3.8) is 0 Å². The summed E-state index contributed by atoms with van der Waals surface area (Å²) in [7, 11) is 0. The van der Waals surface area contributed by atoms with Crippen LogP contribution in [0.5, 0.6) is 5.88 Å². The van der Waals surface area contributed by atoms with E-state index in [2.05, 4.69) is 27.6 Å². The van der Waals surface area contributed by atoms with Crippen LogP contribution in [0.25, 0.3) is 10.9 Å². The van der Waals surface area contributed by atoms with Gasteiger partial charge < -0.3 is 24.9 Å². The first kappa shape index (κ1) is 28.7. The van der Waals surface area contributed by atoms with E-state index in [1.54, 1.807) is 24.4 Å². The molecule has 6 rings (SSSR count). The number of urea groups is 1. The van der Waals surface area contributed by atoms with E-state index in [0.29, 0.717) is 43.9 Å². The molecule has 0 radical (unpaired) electrons. The van der Waals surface area contributed by atoms with Crippen molar-refractivity contribution in [2.24, 2.45) is 0 Å². The average Bonchev–Trinajstić information content (AvgIpc) is 3.44. The van der Waals surface area contributed by atoms with Gasteiger partial charge in [-0.15, -0.1) is 0 Å². The number of piperidine rings is 1. The number of carbonyl (C=O) groups excluding carboxylic acids is 2. The van der Waals surface area contributed by atoms with E-state index in [1.807, 2.05) is 56.9 Å². The third kappa shape index (κ3) is 5.54. The zero-order valence-electron chi connectivity index (χ0n) is 25.1. The second kappa shape index (κ2) is 11.0. The number of fused-ring (bicyclic) bond motifs is 2. The molecule has 0 bridgehead atoms. The molecule has 1 fully saturated rings. The Bertz CT molecular complexity index is 1680. The summed E-state index contributed by atoms with van der Waals surface area (Å²) in [4.78, 5) is 33.1. The van der Waals surface area contributed by atoms with Crippen LogP contribution in [-0.2, 0) is 13.0 Å². The normalized spacial score (nSPS) is 22.2. The molecule has 4 heterocycles. The maximum Gasteiger partial charge on any atom is 0.322 e. The van der Waals surface area contributed by atoms with Gasteiger partial charge in [-0.05, 0) is 69.0 Å². The molecule has 43 heavy (non-hydrogen) atoms. The van der Waals surface area contributed by atoms with Gasteiger partial charge in [0.2, 0.25) is 11.7 Å². The Morgan fingerprint density at radius 3 is 2.77 bits per heavy atom. The number of para-hydroxylation sites is 1. The fourth-order valence-electron chi connectivity index (χ4n) is 6.71. The van der Waals surface area contributed by atoms with Crippen LogP contribution in [0.4, 0.5) is 21.1 Å². The minimum Gasteiger partial charge on any atom is -0.498 e. The van der Waals surface area contributed by atoms with Crippen LogP contribution in [-0.4, -0.2) is 56.4 Å². The van der Waals surface area contributed by atoms with Gasteiger partial charge in [-0.1, -0.05) is 24.3 Å². The molecule has 2 aromatic carbocycles. The lowest BCUT2D eigenvalue weighted by Gasteiger charge is -2.50. The molecular weight excluding hydrogens is 544 g/mol. The Morgan fingerprint density at radius 2 is 1.98 bits per heavy atom. The summed E-state index contributed by atoms with van der Waals surface area (Å²) in [6.07, 6.45) is 2.81. The average molecular weight is 583 g/mol. The number of nitrogens with one attached hydrogen (secondary N) is 2. The smallest absolute Gasteiger partial charge is 0.322 e. The SMILES string of the molecule is Cc1cc(CCC2CC(N3Cc4ccccc4NC3=O)CC[N+]2(C(=O)[O-])c2cccc(OC(C)(C)C)n2)cc2cn[nH]c12. The van der Waals surface area contributed by atoms with Crippen molar-refractivity contribution in [1.82, 2.24) is 24.6 Å². The number of amides is 3. The Labute approximate surface area is 251 Å². The summed E-state index contributed by atoms with van der Waals surface area (Å²) in [5.41, 5.74) is 4.56. The van der Waals surface area contributed by atoms with Crippen LogP contribution >= 0.6 is 0 Å². The Morgan fingerprint density at radius 1 is 1.16 bits per heavy atom. The first-order chi connectivity index (χ1) is 20.5. The van der Waals surface area contributed by atoms with Gasteiger partial charge in [-0.3, -0.25) is 5.10 Å². The van der Waals surface area contributed by atoms with E-state index < -0.39 is 22.2 Å². The predicted molar refractivity (Wildman–Crippen MR) is 164 cm³/mol. The summed E-state index contributed by atoms with van der Waals surface area (Å²) in [6.45, 7) is 8.56. The van der Waals surface area contributed by atoms with Crippen LogP contribution in [0.15, 0.2) is 60.8 Å². The van der Waals surface area contributed by atoms with Gasteiger partial charge in [0, 0.05) is 55.1 Å². The highest BCUT2D eigenvalue weighted by Crippen LogP contribution is 2.39. The second-order valence-corrected chi connectivity index (χ2v) is 12.7. The number of pyridine rings is 1. The van der Waals surface area contributed by atoms with Crippen LogP contribution in [0.1, 0.15) is 56.7 Å². The number of carboxylic acid groups (broad SMARTS) is 1. The first-order valence-corrected chi connectivity index (χ1v) is 14.9. The number of ether oxygens (including phenoxy) is 1. The number of aromatic amines is 1. The number of aryl methyl sites for hydroxylation is 2. The number of carbonyl (C=O) groups is 2. The van der Waals surface area contributed by atoms with Crippen molar-refractivity contribution >= 4 is 34.5 Å². The number of hydrogen-bond donors (Lipinski definition) is 2. The topological polar surface area (TPSA) is 123 Å². The summed E-state index contributed by atoms with van der Waals surface area (Å²) < 4.78 is 5.61. The molecule has 1 saturated heterocycles. The van der Waals surface area contributed by atoms with Gasteiger partial charge in [-0.25, -0.2) is 9.28 Å². The molecule has 0 spiro atoms. The molecule has 10 nitrogen and oxygen atoms in total. The molecule has 2 N–H and O–H groups in total. The molecular formula is C33H38N6O4. The first-order valence-electron chi connectivity index (χ1n) is 14.9. The third-order valence-corrected chi connectivity index (χ3v) is 8.71. The summed E-state index contributed by atoms with van der Waals surface area (Å²) in [5, 5.41) is 24.5. The van der Waals surface area contributed by atoms with Crippen molar-refractivity contribution in [1.29, 1.82) is 0 Å². The van der Waals surface area contributed by atoms with Crippen LogP contribution in [0.2, 0.25) is 0 Å². The number of H-pyrrole nitrogens is 1. The molecule has 3 unspecified atom stereocenters. The number of nitrogens with zero attached hydrogens (tertiary/aromatic N) is 4. The van der Waals surface area contributed by atoms with Gasteiger partial charge in [-0.2, -0.15) is 10.1 Å². The minimum absolute atomic E-state index is 0.143. The van der Waals surface area contributed by atoms with Gasteiger partial charge in [0.25, 0.3) is 6.09 Å². The van der Waals surface area contributed by atoms with Crippen molar-refractivity contribution in [3.05, 3.63) is 77.5 Å². The maximum absolute atomic E-state index is 13.3. The van der Waals surface area contributed by atoms with E-state index in [-0.39, 0.29) is 18.6 Å². The lowest BCUT2D eigenvalue weighted by atomic mass is 9.88. The molecule has 3 amide bonds. The van der Waals surface area contributed by atoms with Crippen LogP contribution < -0.4 is 19.6 Å². The molecule has 224 valence electrons. The molecule has 3 atom stereocenters. The van der Waals surface area contributed by atoms with Crippen molar-refractivity contribution < 1.29 is 19.4 Å². The number of hydrogen-bond acceptors (Lipinski definition) is 6. The summed E-state index contributed by atoms with van der Waals surface area (Å²) in [5.74, 6) is 0.762. The molecule has 4 aromatic rings. The van der Waals surface area contributed by atoms with Crippen molar-refractivity contribution in [2.45, 2.75) is 77.6 Å². The highest BCUT2D eigenvalue weighted by Gasteiger charge is 2.49. The number of quaternary nitrogens is 1. The molecule has 2 aromatic heterocycles. The molecule has 0 aliphatic carbocycles. The number of benzene rings is 2. The number of rotatable bonds is 6. The predicted octanol–water partition coefficient (Wildman–Crippen LogP) is 5.31. The lowest BCUT2D eigenvalue weighted by molar-refractivity contribution is -0.268. The zero-order chi connectivity index (χ0) is 30.4. The monoisotopic (exact) mass is 582 g/mol. The third-order valence-electron chi connectivity index (χ3n) is 8.71.